The molecular weight excluding hydrogens is 1520 g/mol. The van der Waals surface area contributed by atoms with E-state index in [4.69, 9.17) is 41.6 Å². The van der Waals surface area contributed by atoms with Gasteiger partial charge in [0.25, 0.3) is 0 Å². The Bertz CT molecular complexity index is 5350. The summed E-state index contributed by atoms with van der Waals surface area (Å²) in [5.74, 6) is 2.41. The van der Waals surface area contributed by atoms with Crippen molar-refractivity contribution in [3.63, 3.8) is 0 Å². The van der Waals surface area contributed by atoms with Crippen LogP contribution in [0.2, 0.25) is 0 Å². The molecule has 9 heterocycles. The second-order valence-electron chi connectivity index (χ2n) is 26.7. The van der Waals surface area contributed by atoms with Gasteiger partial charge in [0.2, 0.25) is 23.8 Å². The summed E-state index contributed by atoms with van der Waals surface area (Å²) in [6, 6.07) is 17.7. The molecule has 5 aliphatic rings. The fraction of sp³-hybridized carbons (Fsp3) is 0.346. The second-order valence-corrected chi connectivity index (χ2v) is 26.7. The molecule has 34 nitrogen and oxygen atoms in total. The lowest BCUT2D eigenvalue weighted by Crippen LogP contribution is -2.21. The maximum atomic E-state index is 12.2. The third kappa shape index (κ3) is 24.1. The Morgan fingerprint density at radius 1 is 0.551 bits per heavy atom. The van der Waals surface area contributed by atoms with Crippen molar-refractivity contribution in [2.45, 2.75) is 111 Å². The lowest BCUT2D eigenvalue weighted by Gasteiger charge is -2.19. The number of H-pyrrole nitrogens is 1. The van der Waals surface area contributed by atoms with Gasteiger partial charge in [0, 0.05) is 171 Å². The number of carbonyl (C=O) groups is 5. The van der Waals surface area contributed by atoms with Crippen LogP contribution >= 0.6 is 0 Å². The molecular formula is C81H101F3N26O8. The van der Waals surface area contributed by atoms with E-state index in [0.717, 1.165) is 141 Å². The van der Waals surface area contributed by atoms with Gasteiger partial charge in [0.15, 0.2) is 40.4 Å². The monoisotopic (exact) mass is 1620 g/mol. The van der Waals surface area contributed by atoms with E-state index in [-0.39, 0.29) is 43.9 Å². The van der Waals surface area contributed by atoms with E-state index in [2.05, 4.69) is 91.5 Å². The van der Waals surface area contributed by atoms with E-state index >= 15 is 0 Å². The molecule has 0 saturated heterocycles. The van der Waals surface area contributed by atoms with E-state index in [9.17, 15) is 32.3 Å². The van der Waals surface area contributed by atoms with Gasteiger partial charge in [-0.3, -0.25) is 29.3 Å². The van der Waals surface area contributed by atoms with Crippen molar-refractivity contribution in [3.8, 4) is 33.8 Å². The third-order valence-corrected chi connectivity index (χ3v) is 18.2. The first-order chi connectivity index (χ1) is 55.7. The topological polar surface area (TPSA) is 462 Å². The number of alkyl halides is 3. The van der Waals surface area contributed by atoms with Crippen LogP contribution in [0, 0.1) is 0 Å². The number of ether oxygens (including phenoxy) is 2. The van der Waals surface area contributed by atoms with E-state index in [0.29, 0.717) is 85.1 Å². The van der Waals surface area contributed by atoms with Gasteiger partial charge in [0.05, 0.1) is 85.4 Å². The van der Waals surface area contributed by atoms with Crippen molar-refractivity contribution in [3.05, 3.63) is 190 Å². The van der Waals surface area contributed by atoms with E-state index in [1.54, 1.807) is 68.8 Å². The number of carboxylic acid groups (broad SMARTS) is 1. The molecule has 9 aromatic heterocycles. The molecule has 624 valence electrons. The summed E-state index contributed by atoms with van der Waals surface area (Å²) in [6.07, 6.45) is 24.2. The number of Topliss-reactive ketones (excluding diaryl/α,β-unsaturated/α-hetero) is 4. The molecule has 1 saturated carbocycles. The number of aromatic nitrogens is 16. The number of carboxylic acids is 1. The highest BCUT2D eigenvalue weighted by Gasteiger charge is 2.38. The van der Waals surface area contributed by atoms with Crippen molar-refractivity contribution < 1.29 is 51.7 Å². The zero-order chi connectivity index (χ0) is 83.8. The number of nitrogens with zero attached hydrogens (tertiary/aromatic N) is 18. The molecule has 0 radical (unpaired) electrons. The average Bonchev–Trinajstić information content (AvgIpc) is 1.54. The highest BCUT2D eigenvalue weighted by molar-refractivity contribution is 6.21. The summed E-state index contributed by atoms with van der Waals surface area (Å²) >= 11 is 0. The minimum absolute atomic E-state index is 0. The molecule has 2 aromatic carbocycles. The molecule has 0 amide bonds. The molecule has 0 bridgehead atoms. The fourth-order valence-electron chi connectivity index (χ4n) is 12.4. The maximum absolute atomic E-state index is 12.2. The zero-order valence-corrected chi connectivity index (χ0v) is 66.2. The molecule has 12 N–H and O–H groups in total. The van der Waals surface area contributed by atoms with E-state index < -0.39 is 12.1 Å². The minimum atomic E-state index is -5.08. The number of methoxy groups -OCH3 is 2. The molecule has 37 heteroatoms. The van der Waals surface area contributed by atoms with Crippen LogP contribution in [0.4, 0.5) is 42.8 Å². The number of rotatable bonds is 12. The molecule has 118 heavy (non-hydrogen) atoms. The Morgan fingerprint density at radius 2 is 0.983 bits per heavy atom. The van der Waals surface area contributed by atoms with Crippen molar-refractivity contribution in [2.75, 3.05) is 105 Å². The molecule has 5 aliphatic carbocycles. The first-order valence-electron chi connectivity index (χ1n) is 36.7. The molecule has 0 atom stereocenters. The van der Waals surface area contributed by atoms with Gasteiger partial charge in [-0.25, -0.2) is 64.0 Å². The van der Waals surface area contributed by atoms with Crippen LogP contribution in [-0.4, -0.2) is 213 Å². The number of hydrogen-bond acceptors (Lipinski definition) is 28. The lowest BCUT2D eigenvalue weighted by atomic mass is 9.89. The smallest absolute Gasteiger partial charge is 0.490 e. The number of anilines is 5. The Morgan fingerprint density at radius 3 is 1.44 bits per heavy atom. The number of ketones is 4. The SMILES string of the molecule is C.C.CN(C)C=C1C(=O)CCCC1=O.CN=C(N)N.CNc1ncc2c(n1)CC/C(=C\N(C)C)C2=O.CNc1ncc2c(n1)CCCC2=O.CNc1ncc2c(n1)CCc1cnc3[nH]ncc3c1-2.CNc1ncc2c(n1)CCc1cnc3c(cnn3Cc3ccc(OC)cc3)c1-2.COc1ccc(Cn2nccc2N)cc1.O=C(O)C(F)(F)F. The Labute approximate surface area is 681 Å². The first-order valence-corrected chi connectivity index (χ1v) is 36.7. The maximum Gasteiger partial charge on any atom is 0.490 e. The second kappa shape index (κ2) is 43.0. The zero-order valence-electron chi connectivity index (χ0n) is 66.2. The summed E-state index contributed by atoms with van der Waals surface area (Å²) in [4.78, 5) is 106. The number of aliphatic carboxylic acids is 1. The van der Waals surface area contributed by atoms with Gasteiger partial charge in [-0.15, -0.1) is 0 Å². The first kappa shape index (κ1) is 91.3. The summed E-state index contributed by atoms with van der Waals surface area (Å²) in [7, 11) is 19.5. The number of nitrogens with one attached hydrogen (secondary N) is 5. The largest absolute Gasteiger partial charge is 0.497 e. The van der Waals surface area contributed by atoms with Crippen molar-refractivity contribution in [2.24, 2.45) is 16.5 Å². The van der Waals surface area contributed by atoms with Crippen molar-refractivity contribution in [1.82, 2.24) is 89.4 Å². The van der Waals surface area contributed by atoms with Crippen LogP contribution in [0.15, 0.2) is 139 Å². The highest BCUT2D eigenvalue weighted by atomic mass is 19.4. The lowest BCUT2D eigenvalue weighted by molar-refractivity contribution is -0.192. The van der Waals surface area contributed by atoms with Gasteiger partial charge in [-0.1, -0.05) is 39.1 Å². The quantitative estimate of drug-likeness (QED) is 0.0238. The molecule has 16 rings (SSSR count). The van der Waals surface area contributed by atoms with Crippen LogP contribution in [0.25, 0.3) is 44.3 Å². The van der Waals surface area contributed by atoms with Gasteiger partial charge in [-0.2, -0.15) is 28.5 Å². The van der Waals surface area contributed by atoms with Crippen molar-refractivity contribution in [1.29, 1.82) is 0 Å². The van der Waals surface area contributed by atoms with Crippen LogP contribution < -0.4 is 47.9 Å². The summed E-state index contributed by atoms with van der Waals surface area (Å²) < 4.78 is 45.7. The predicted molar refractivity (Wildman–Crippen MR) is 448 cm³/mol. The molecule has 0 unspecified atom stereocenters. The summed E-state index contributed by atoms with van der Waals surface area (Å²) in [5, 5.41) is 36.7. The number of benzene rings is 2. The summed E-state index contributed by atoms with van der Waals surface area (Å²) in [5.41, 5.74) is 32.7. The Hall–Kier alpha value is -13.9. The molecule has 0 aliphatic heterocycles. The summed E-state index contributed by atoms with van der Waals surface area (Å²) in [6.45, 7) is 1.34. The molecule has 1 fully saturated rings. The minimum Gasteiger partial charge on any atom is -0.497 e. The number of aryl methyl sites for hydroxylation is 6. The number of allylic oxidation sites excluding steroid dienone is 2. The Kier molecular flexibility index (Phi) is 33.3. The van der Waals surface area contributed by atoms with Crippen molar-refractivity contribution >= 4 is 86.7 Å². The number of hydrogen-bond donors (Lipinski definition) is 9. The fourth-order valence-corrected chi connectivity index (χ4v) is 12.4. The number of pyridine rings is 2. The van der Waals surface area contributed by atoms with Crippen LogP contribution in [0.1, 0.15) is 119 Å². The van der Waals surface area contributed by atoms with Gasteiger partial charge >= 0.3 is 12.1 Å². The van der Waals surface area contributed by atoms with Crippen LogP contribution in [0.3, 0.4) is 0 Å². The Balaban J connectivity index is 0.000000193. The molecule has 0 spiro atoms. The van der Waals surface area contributed by atoms with Crippen LogP contribution in [-0.2, 0) is 66.0 Å². The standard InChI is InChI=1S/C21H20N6O.C13H12N6.C12H16N4O.C11H13N3O.C9H11N3O.C9H13NO2.C2HF3O2.C2H7N3.2CH4/c1-22-21-24-10-16-18(26-21)8-5-14-9-23-20-17(19(14)16)11-25-27(20)12-13-3-6-15(28-2)7-4-13;1-14-13-16-5-8-10(18-13)3-2-7-4-15-12-9(11(7)8)6-17-19-12;1-13-12-14-6-9-10(15-12)5-4-8(11(9)17)7-16(2)3;1-15-10-4-2-9(3-5-10)8-14-11(12)6-7-13-14;1-10-9-11-5-6-7(12-9)3-2-4-8(6)13;1-10(2)6-7-8(11)4-3-5-9(7)12;3-2(4,5)1(6)7;1-5-2(3)4;;/h3-4,6-7,9-11H,5,8,12H2,1-2H3,(H,22,24,26);4-6H,2-3H2,1H3,(H,14,16,18)(H,15,17,19);6-7H,4-5H2,1-3H3,(H,13,14,15);2-7H,8,12H2,1H3;5H,2-4H2,1H3,(H,10,11,12);6H,3-5H2,1-2H3;(H,6,7);1H3,(H4,3,4,5);2*1H4/b;;8-7+;;;;;;;. The van der Waals surface area contributed by atoms with Gasteiger partial charge in [0.1, 0.15) is 17.3 Å². The number of aliphatic imine (C=N–C) groups is 1. The van der Waals surface area contributed by atoms with Gasteiger partial charge in [-0.05, 0) is 110 Å². The predicted octanol–water partition coefficient (Wildman–Crippen LogP) is 9.84. The van der Waals surface area contributed by atoms with Gasteiger partial charge < -0.3 is 62.8 Å². The van der Waals surface area contributed by atoms with E-state index in [1.807, 2.05) is 144 Å². The normalized spacial score (nSPS) is 13.3. The number of halogens is 3. The number of carbonyl (C=O) groups excluding carboxylic acids is 4. The number of nitrogens with two attached hydrogens (primary N) is 3. The number of fused-ring (bicyclic) bond motifs is 12. The van der Waals surface area contributed by atoms with Crippen LogP contribution in [0.5, 0.6) is 11.5 Å². The highest BCUT2D eigenvalue weighted by Crippen LogP contribution is 2.39. The third-order valence-electron chi connectivity index (χ3n) is 18.2. The number of guanidine groups is 1. The van der Waals surface area contributed by atoms with E-state index in [1.165, 1.54) is 23.7 Å². The number of aromatic amines is 1. The average molecular weight is 1620 g/mol. The number of nitrogen functional groups attached to an aromatic ring is 1. The molecule has 11 aromatic rings.